The molecular weight excluding hydrogens is 258 g/mol. The number of carbonyl (C=O) groups excluding carboxylic acids is 1. The molecule has 0 bridgehead atoms. The highest BCUT2D eigenvalue weighted by Crippen LogP contribution is 2.38. The summed E-state index contributed by atoms with van der Waals surface area (Å²) in [4.78, 5) is 25.1. The maximum Gasteiger partial charge on any atom is 0.308 e. The number of amides is 1. The van der Waals surface area contributed by atoms with Crippen LogP contribution in [0.2, 0.25) is 0 Å². The summed E-state index contributed by atoms with van der Waals surface area (Å²) in [6.45, 7) is 2.76. The number of ether oxygens (including phenoxy) is 1. The minimum Gasteiger partial charge on any atom is -0.481 e. The van der Waals surface area contributed by atoms with E-state index in [4.69, 9.17) is 9.84 Å². The number of likely N-dealkylation sites (tertiary alicyclic amines) is 1. The van der Waals surface area contributed by atoms with Crippen LogP contribution >= 0.6 is 0 Å². The van der Waals surface area contributed by atoms with E-state index in [1.54, 1.807) is 4.90 Å². The van der Waals surface area contributed by atoms with Gasteiger partial charge >= 0.3 is 5.97 Å². The van der Waals surface area contributed by atoms with Crippen LogP contribution in [0.1, 0.15) is 24.8 Å². The SMILES string of the molecule is C[C@@H]1c2ccccc2O[C@@H]1C(=O)N1CC[C@H](C(=O)O)C1. The molecule has 1 fully saturated rings. The monoisotopic (exact) mass is 275 g/mol. The molecule has 1 aromatic carbocycles. The van der Waals surface area contributed by atoms with Crippen LogP contribution < -0.4 is 4.74 Å². The zero-order valence-corrected chi connectivity index (χ0v) is 11.3. The van der Waals surface area contributed by atoms with Crippen molar-refractivity contribution in [3.8, 4) is 5.75 Å². The van der Waals surface area contributed by atoms with E-state index < -0.39 is 18.0 Å². The van der Waals surface area contributed by atoms with Crippen LogP contribution in [0.4, 0.5) is 0 Å². The van der Waals surface area contributed by atoms with Gasteiger partial charge in [0.15, 0.2) is 6.10 Å². The van der Waals surface area contributed by atoms with Gasteiger partial charge in [-0.1, -0.05) is 25.1 Å². The Labute approximate surface area is 117 Å². The first-order chi connectivity index (χ1) is 9.58. The zero-order chi connectivity index (χ0) is 14.3. The second-order valence-corrected chi connectivity index (χ2v) is 5.47. The van der Waals surface area contributed by atoms with Gasteiger partial charge < -0.3 is 14.7 Å². The number of para-hydroxylation sites is 1. The fourth-order valence-electron chi connectivity index (χ4n) is 2.97. The molecule has 3 rings (SSSR count). The van der Waals surface area contributed by atoms with Gasteiger partial charge in [-0.25, -0.2) is 0 Å². The van der Waals surface area contributed by atoms with Crippen molar-refractivity contribution in [1.29, 1.82) is 0 Å². The molecule has 5 heteroatoms. The molecule has 0 unspecified atom stereocenters. The van der Waals surface area contributed by atoms with Gasteiger partial charge in [-0.3, -0.25) is 9.59 Å². The zero-order valence-electron chi connectivity index (χ0n) is 11.3. The highest BCUT2D eigenvalue weighted by molar-refractivity contribution is 5.84. The number of fused-ring (bicyclic) bond motifs is 1. The van der Waals surface area contributed by atoms with Gasteiger partial charge in [0.2, 0.25) is 0 Å². The van der Waals surface area contributed by atoms with E-state index in [1.807, 2.05) is 31.2 Å². The van der Waals surface area contributed by atoms with Crippen LogP contribution in [0.5, 0.6) is 5.75 Å². The maximum absolute atomic E-state index is 12.5. The summed E-state index contributed by atoms with van der Waals surface area (Å²) in [5.41, 5.74) is 1.04. The molecule has 2 aliphatic rings. The smallest absolute Gasteiger partial charge is 0.308 e. The van der Waals surface area contributed by atoms with Crippen LogP contribution in [0, 0.1) is 5.92 Å². The number of hydrogen-bond acceptors (Lipinski definition) is 3. The Kier molecular flexibility index (Phi) is 3.12. The van der Waals surface area contributed by atoms with E-state index in [1.165, 1.54) is 0 Å². The Morgan fingerprint density at radius 3 is 2.75 bits per heavy atom. The fourth-order valence-corrected chi connectivity index (χ4v) is 2.97. The summed E-state index contributed by atoms with van der Waals surface area (Å²) in [6, 6.07) is 7.65. The van der Waals surface area contributed by atoms with Gasteiger partial charge in [0.25, 0.3) is 5.91 Å². The summed E-state index contributed by atoms with van der Waals surface area (Å²) in [7, 11) is 0. The van der Waals surface area contributed by atoms with E-state index in [2.05, 4.69) is 0 Å². The Morgan fingerprint density at radius 2 is 2.10 bits per heavy atom. The first-order valence-corrected chi connectivity index (χ1v) is 6.85. The van der Waals surface area contributed by atoms with Crippen LogP contribution in [0.3, 0.4) is 0 Å². The number of rotatable bonds is 2. The van der Waals surface area contributed by atoms with Crippen LogP contribution in [0.15, 0.2) is 24.3 Å². The first kappa shape index (κ1) is 13.0. The average molecular weight is 275 g/mol. The molecule has 1 amide bonds. The molecule has 106 valence electrons. The third kappa shape index (κ3) is 2.03. The molecule has 3 atom stereocenters. The number of carboxylic acids is 1. The van der Waals surface area contributed by atoms with Crippen molar-refractivity contribution in [3.63, 3.8) is 0 Å². The Balaban J connectivity index is 1.73. The highest BCUT2D eigenvalue weighted by atomic mass is 16.5. The lowest BCUT2D eigenvalue weighted by Gasteiger charge is -2.22. The van der Waals surface area contributed by atoms with Crippen LogP contribution in [-0.4, -0.2) is 41.1 Å². The summed E-state index contributed by atoms with van der Waals surface area (Å²) >= 11 is 0. The fraction of sp³-hybridized carbons (Fsp3) is 0.467. The Hall–Kier alpha value is -2.04. The Morgan fingerprint density at radius 1 is 1.35 bits per heavy atom. The average Bonchev–Trinajstić information content (AvgIpc) is 3.04. The van der Waals surface area contributed by atoms with Gasteiger partial charge in [0, 0.05) is 24.6 Å². The molecule has 20 heavy (non-hydrogen) atoms. The summed E-state index contributed by atoms with van der Waals surface area (Å²) in [5, 5.41) is 9.00. The van der Waals surface area contributed by atoms with Crippen molar-refractivity contribution < 1.29 is 19.4 Å². The minimum atomic E-state index is -0.830. The van der Waals surface area contributed by atoms with Crippen molar-refractivity contribution >= 4 is 11.9 Å². The van der Waals surface area contributed by atoms with Crippen LogP contribution in [-0.2, 0) is 9.59 Å². The van der Waals surface area contributed by atoms with E-state index in [9.17, 15) is 9.59 Å². The molecule has 1 N–H and O–H groups in total. The molecule has 5 nitrogen and oxygen atoms in total. The molecule has 2 heterocycles. The van der Waals surface area contributed by atoms with Crippen molar-refractivity contribution in [1.82, 2.24) is 4.90 Å². The summed E-state index contributed by atoms with van der Waals surface area (Å²) in [5.74, 6) is -0.616. The van der Waals surface area contributed by atoms with E-state index in [0.29, 0.717) is 13.0 Å². The molecule has 0 saturated carbocycles. The third-order valence-electron chi connectivity index (χ3n) is 4.21. The molecule has 1 saturated heterocycles. The highest BCUT2D eigenvalue weighted by Gasteiger charge is 2.41. The van der Waals surface area contributed by atoms with Crippen molar-refractivity contribution in [3.05, 3.63) is 29.8 Å². The van der Waals surface area contributed by atoms with Gasteiger partial charge in [0.1, 0.15) is 5.75 Å². The standard InChI is InChI=1S/C15H17NO4/c1-9-11-4-2-3-5-12(11)20-13(9)14(17)16-7-6-10(8-16)15(18)19/h2-5,9-10,13H,6-8H2,1H3,(H,18,19)/t9-,10+,13+/m1/s1. The predicted octanol–water partition coefficient (Wildman–Crippen LogP) is 1.48. The normalized spacial score (nSPS) is 28.1. The quantitative estimate of drug-likeness (QED) is 0.888. The minimum absolute atomic E-state index is 0.00239. The predicted molar refractivity (Wildman–Crippen MR) is 71.6 cm³/mol. The lowest BCUT2D eigenvalue weighted by molar-refractivity contribution is -0.142. The van der Waals surface area contributed by atoms with Crippen molar-refractivity contribution in [2.75, 3.05) is 13.1 Å². The van der Waals surface area contributed by atoms with Gasteiger partial charge in [0.05, 0.1) is 5.92 Å². The summed E-state index contributed by atoms with van der Waals surface area (Å²) in [6.07, 6.45) is -0.00489. The molecule has 0 aromatic heterocycles. The molecule has 1 aromatic rings. The Bertz CT molecular complexity index is 557. The van der Waals surface area contributed by atoms with E-state index in [-0.39, 0.29) is 18.4 Å². The lowest BCUT2D eigenvalue weighted by atomic mass is 9.97. The van der Waals surface area contributed by atoms with Crippen molar-refractivity contribution in [2.45, 2.75) is 25.4 Å². The number of carboxylic acid groups (broad SMARTS) is 1. The lowest BCUT2D eigenvalue weighted by Crippen LogP contribution is -2.41. The largest absolute Gasteiger partial charge is 0.481 e. The van der Waals surface area contributed by atoms with Gasteiger partial charge in [-0.05, 0) is 12.5 Å². The number of nitrogens with zero attached hydrogens (tertiary/aromatic N) is 1. The van der Waals surface area contributed by atoms with Crippen molar-refractivity contribution in [2.24, 2.45) is 5.92 Å². The topological polar surface area (TPSA) is 66.8 Å². The molecule has 2 aliphatic heterocycles. The van der Waals surface area contributed by atoms with Crippen LogP contribution in [0.25, 0.3) is 0 Å². The van der Waals surface area contributed by atoms with Gasteiger partial charge in [-0.2, -0.15) is 0 Å². The number of benzene rings is 1. The third-order valence-corrected chi connectivity index (χ3v) is 4.21. The number of carbonyl (C=O) groups is 2. The number of aliphatic carboxylic acids is 1. The van der Waals surface area contributed by atoms with E-state index >= 15 is 0 Å². The molecule has 0 spiro atoms. The second-order valence-electron chi connectivity index (χ2n) is 5.47. The number of hydrogen-bond donors (Lipinski definition) is 1. The molecule has 0 radical (unpaired) electrons. The van der Waals surface area contributed by atoms with Gasteiger partial charge in [-0.15, -0.1) is 0 Å². The second kappa shape index (κ2) is 4.81. The maximum atomic E-state index is 12.5. The molecule has 0 aliphatic carbocycles. The summed E-state index contributed by atoms with van der Waals surface area (Å²) < 4.78 is 5.75. The van der Waals surface area contributed by atoms with E-state index in [0.717, 1.165) is 11.3 Å². The first-order valence-electron chi connectivity index (χ1n) is 6.85. The molecular formula is C15H17NO4.